The molecule has 3 aromatic rings. The predicted molar refractivity (Wildman–Crippen MR) is 128 cm³/mol. The molecule has 1 heterocycles. The molecule has 0 unspecified atom stereocenters. The molecule has 0 spiro atoms. The van der Waals surface area contributed by atoms with E-state index in [4.69, 9.17) is 4.74 Å². The van der Waals surface area contributed by atoms with E-state index in [0.29, 0.717) is 28.7 Å². The van der Waals surface area contributed by atoms with E-state index in [9.17, 15) is 4.39 Å². The summed E-state index contributed by atoms with van der Waals surface area (Å²) in [7, 11) is 0. The van der Waals surface area contributed by atoms with Crippen molar-refractivity contribution in [2.24, 2.45) is 0 Å². The standard InChI is InChI=1S/C29H31F3O/c1-3-5-7-8-9-20-11-13-21(14-12-20)23-16-17-24-25-18-15-22(10-6-4-2)27(30)28(25)33-29(31,32)26(24)19-23/h11-19H,3-10H2,1-2H3. The summed E-state index contributed by atoms with van der Waals surface area (Å²) in [5.41, 5.74) is 3.71. The lowest BCUT2D eigenvalue weighted by molar-refractivity contribution is -0.188. The van der Waals surface area contributed by atoms with Crippen LogP contribution in [-0.2, 0) is 19.0 Å². The van der Waals surface area contributed by atoms with Gasteiger partial charge < -0.3 is 4.74 Å². The summed E-state index contributed by atoms with van der Waals surface area (Å²) in [5.74, 6) is -1.02. The quantitative estimate of drug-likeness (QED) is 0.294. The SMILES string of the molecule is CCCCCCc1ccc(-c2ccc3c(c2)C(F)(F)Oc2c-3ccc(CCCC)c2F)cc1. The first-order chi connectivity index (χ1) is 15.9. The molecule has 0 N–H and O–H groups in total. The van der Waals surface area contributed by atoms with E-state index in [2.05, 4.69) is 19.1 Å². The van der Waals surface area contributed by atoms with Crippen molar-refractivity contribution in [2.75, 3.05) is 0 Å². The first-order valence-corrected chi connectivity index (χ1v) is 12.1. The van der Waals surface area contributed by atoms with Crippen molar-refractivity contribution in [1.82, 2.24) is 0 Å². The van der Waals surface area contributed by atoms with Crippen LogP contribution in [0.2, 0.25) is 0 Å². The van der Waals surface area contributed by atoms with Crippen LogP contribution in [0.4, 0.5) is 13.2 Å². The van der Waals surface area contributed by atoms with Crippen molar-refractivity contribution in [2.45, 2.75) is 71.3 Å². The van der Waals surface area contributed by atoms with Crippen molar-refractivity contribution < 1.29 is 17.9 Å². The Bertz CT molecular complexity index is 1100. The Labute approximate surface area is 194 Å². The maximum Gasteiger partial charge on any atom is 0.427 e. The Morgan fingerprint density at radius 3 is 2.15 bits per heavy atom. The van der Waals surface area contributed by atoms with Gasteiger partial charge in [0.05, 0.1) is 5.56 Å². The van der Waals surface area contributed by atoms with Crippen LogP contribution in [0.1, 0.15) is 69.1 Å². The van der Waals surface area contributed by atoms with Crippen LogP contribution in [0.5, 0.6) is 5.75 Å². The molecule has 0 saturated heterocycles. The van der Waals surface area contributed by atoms with Crippen molar-refractivity contribution in [1.29, 1.82) is 0 Å². The fraction of sp³-hybridized carbons (Fsp3) is 0.379. The predicted octanol–water partition coefficient (Wildman–Crippen LogP) is 9.07. The second-order valence-corrected chi connectivity index (χ2v) is 8.91. The third-order valence-electron chi connectivity index (χ3n) is 6.44. The van der Waals surface area contributed by atoms with Gasteiger partial charge in [-0.2, -0.15) is 8.78 Å². The molecule has 4 heteroatoms. The Hall–Kier alpha value is -2.75. The Morgan fingerprint density at radius 2 is 1.42 bits per heavy atom. The minimum Gasteiger partial charge on any atom is -0.425 e. The molecular formula is C29H31F3O. The molecule has 1 aliphatic heterocycles. The van der Waals surface area contributed by atoms with E-state index in [1.807, 2.05) is 25.1 Å². The van der Waals surface area contributed by atoms with E-state index < -0.39 is 11.9 Å². The zero-order valence-corrected chi connectivity index (χ0v) is 19.4. The van der Waals surface area contributed by atoms with E-state index in [0.717, 1.165) is 31.2 Å². The summed E-state index contributed by atoms with van der Waals surface area (Å²) < 4.78 is 50.0. The summed E-state index contributed by atoms with van der Waals surface area (Å²) in [6.07, 6.45) is 4.47. The zero-order valence-electron chi connectivity index (χ0n) is 19.4. The number of fused-ring (bicyclic) bond motifs is 3. The molecule has 0 fully saturated rings. The number of rotatable bonds is 9. The van der Waals surface area contributed by atoms with Gasteiger partial charge in [0.2, 0.25) is 0 Å². The molecule has 0 atom stereocenters. The van der Waals surface area contributed by atoms with Crippen molar-refractivity contribution in [3.8, 4) is 28.0 Å². The average molecular weight is 453 g/mol. The molecule has 1 aliphatic rings. The molecular weight excluding hydrogens is 421 g/mol. The summed E-state index contributed by atoms with van der Waals surface area (Å²) in [5, 5.41) is 0. The van der Waals surface area contributed by atoms with Gasteiger partial charge in [-0.3, -0.25) is 0 Å². The van der Waals surface area contributed by atoms with E-state index >= 15 is 8.78 Å². The molecule has 0 aromatic heterocycles. The van der Waals surface area contributed by atoms with Crippen LogP contribution in [0.3, 0.4) is 0 Å². The molecule has 33 heavy (non-hydrogen) atoms. The van der Waals surface area contributed by atoms with Gasteiger partial charge in [-0.05, 0) is 59.6 Å². The molecule has 3 aromatic carbocycles. The molecule has 0 bridgehead atoms. The molecule has 0 radical (unpaired) electrons. The highest BCUT2D eigenvalue weighted by Gasteiger charge is 2.43. The summed E-state index contributed by atoms with van der Waals surface area (Å²) in [6, 6.07) is 16.4. The molecule has 0 saturated carbocycles. The fourth-order valence-corrected chi connectivity index (χ4v) is 4.47. The van der Waals surface area contributed by atoms with Crippen molar-refractivity contribution >= 4 is 0 Å². The van der Waals surface area contributed by atoms with Gasteiger partial charge in [0.1, 0.15) is 0 Å². The number of ether oxygens (including phenoxy) is 1. The molecule has 1 nitrogen and oxygen atoms in total. The van der Waals surface area contributed by atoms with Gasteiger partial charge in [-0.15, -0.1) is 0 Å². The fourth-order valence-electron chi connectivity index (χ4n) is 4.47. The Morgan fingerprint density at radius 1 is 0.727 bits per heavy atom. The van der Waals surface area contributed by atoms with Gasteiger partial charge >= 0.3 is 6.11 Å². The van der Waals surface area contributed by atoms with Crippen LogP contribution in [0.15, 0.2) is 54.6 Å². The summed E-state index contributed by atoms with van der Waals surface area (Å²) >= 11 is 0. The van der Waals surface area contributed by atoms with Crippen molar-refractivity contribution in [3.63, 3.8) is 0 Å². The first kappa shape index (κ1) is 23.4. The number of halogens is 3. The van der Waals surface area contributed by atoms with Gasteiger partial charge in [-0.25, -0.2) is 4.39 Å². The highest BCUT2D eigenvalue weighted by atomic mass is 19.3. The van der Waals surface area contributed by atoms with E-state index in [1.54, 1.807) is 18.2 Å². The maximum atomic E-state index is 15.0. The van der Waals surface area contributed by atoms with Gasteiger partial charge in [0.25, 0.3) is 0 Å². The lowest BCUT2D eigenvalue weighted by atomic mass is 9.90. The summed E-state index contributed by atoms with van der Waals surface area (Å²) in [6.45, 7) is 4.21. The van der Waals surface area contributed by atoms with Gasteiger partial charge in [0, 0.05) is 5.56 Å². The smallest absolute Gasteiger partial charge is 0.425 e. The van der Waals surface area contributed by atoms with Gasteiger partial charge in [0.15, 0.2) is 11.6 Å². The largest absolute Gasteiger partial charge is 0.427 e. The number of unbranched alkanes of at least 4 members (excludes halogenated alkanes) is 4. The van der Waals surface area contributed by atoms with E-state index in [1.165, 1.54) is 30.9 Å². The van der Waals surface area contributed by atoms with E-state index in [-0.39, 0.29) is 11.3 Å². The normalized spacial score (nSPS) is 13.8. The van der Waals surface area contributed by atoms with Gasteiger partial charge in [-0.1, -0.05) is 88.1 Å². The number of benzene rings is 3. The lowest BCUT2D eigenvalue weighted by Gasteiger charge is -2.29. The average Bonchev–Trinajstić information content (AvgIpc) is 2.82. The first-order valence-electron chi connectivity index (χ1n) is 12.1. The number of hydrogen-bond donors (Lipinski definition) is 0. The molecule has 174 valence electrons. The molecule has 0 aliphatic carbocycles. The zero-order chi connectivity index (χ0) is 23.4. The second-order valence-electron chi connectivity index (χ2n) is 8.91. The molecule has 4 rings (SSSR count). The topological polar surface area (TPSA) is 9.23 Å². The molecule has 0 amide bonds. The lowest BCUT2D eigenvalue weighted by Crippen LogP contribution is -2.27. The number of hydrogen-bond acceptors (Lipinski definition) is 1. The highest BCUT2D eigenvalue weighted by molar-refractivity contribution is 5.80. The summed E-state index contributed by atoms with van der Waals surface area (Å²) in [4.78, 5) is 0. The Balaban J connectivity index is 1.63. The maximum absolute atomic E-state index is 15.0. The van der Waals surface area contributed by atoms with Crippen LogP contribution >= 0.6 is 0 Å². The van der Waals surface area contributed by atoms with Crippen molar-refractivity contribution in [3.05, 3.63) is 77.1 Å². The van der Waals surface area contributed by atoms with Crippen LogP contribution in [0, 0.1) is 5.82 Å². The monoisotopic (exact) mass is 452 g/mol. The van der Waals surface area contributed by atoms with Crippen LogP contribution in [-0.4, -0.2) is 0 Å². The third kappa shape index (κ3) is 4.95. The second kappa shape index (κ2) is 10.0. The number of aryl methyl sites for hydroxylation is 2. The third-order valence-corrected chi connectivity index (χ3v) is 6.44. The van der Waals surface area contributed by atoms with Crippen LogP contribution < -0.4 is 4.74 Å². The minimum absolute atomic E-state index is 0.225. The number of alkyl halides is 2. The Kier molecular flexibility index (Phi) is 7.11. The minimum atomic E-state index is -3.60. The highest BCUT2D eigenvalue weighted by Crippen LogP contribution is 2.49. The van der Waals surface area contributed by atoms with Crippen LogP contribution in [0.25, 0.3) is 22.3 Å².